The normalized spacial score (nSPS) is 24.1. The highest BCUT2D eigenvalue weighted by molar-refractivity contribution is 7.99. The van der Waals surface area contributed by atoms with E-state index in [1.165, 1.54) is 11.5 Å². The van der Waals surface area contributed by atoms with E-state index < -0.39 is 5.60 Å². The number of carbonyl (C=O) groups is 1. The number of ether oxygens (including phenoxy) is 1. The van der Waals surface area contributed by atoms with Crippen molar-refractivity contribution >= 4 is 17.9 Å². The number of hydrogen-bond donors (Lipinski definition) is 1. The first-order chi connectivity index (χ1) is 8.40. The van der Waals surface area contributed by atoms with Gasteiger partial charge in [0.05, 0.1) is 0 Å². The number of amides is 1. The van der Waals surface area contributed by atoms with Gasteiger partial charge in [-0.15, -0.1) is 0 Å². The highest BCUT2D eigenvalue weighted by Gasteiger charge is 2.37. The Labute approximate surface area is 114 Å². The van der Waals surface area contributed by atoms with Gasteiger partial charge in [0, 0.05) is 36.7 Å². The third kappa shape index (κ3) is 3.54. The van der Waals surface area contributed by atoms with Crippen molar-refractivity contribution < 1.29 is 9.53 Å². The van der Waals surface area contributed by atoms with E-state index in [9.17, 15) is 4.79 Å². The molecule has 0 aromatic heterocycles. The van der Waals surface area contributed by atoms with Gasteiger partial charge in [0.25, 0.3) is 0 Å². The van der Waals surface area contributed by atoms with Crippen LogP contribution in [-0.2, 0) is 4.74 Å². The summed E-state index contributed by atoms with van der Waals surface area (Å²) in [5.74, 6) is 2.38. The van der Waals surface area contributed by atoms with Crippen molar-refractivity contribution in [2.75, 3.05) is 31.1 Å². The van der Waals surface area contributed by atoms with Crippen LogP contribution in [0.2, 0.25) is 0 Å². The van der Waals surface area contributed by atoms with E-state index in [2.05, 4.69) is 5.32 Å². The summed E-state index contributed by atoms with van der Waals surface area (Å²) in [7, 11) is 0. The first-order valence-electron chi connectivity index (χ1n) is 6.71. The van der Waals surface area contributed by atoms with E-state index in [1.54, 1.807) is 0 Å². The fourth-order valence-corrected chi connectivity index (χ4v) is 3.64. The Balaban J connectivity index is 1.84. The third-order valence-electron chi connectivity index (χ3n) is 3.50. The van der Waals surface area contributed by atoms with Crippen molar-refractivity contribution in [3.8, 4) is 0 Å². The molecule has 0 bridgehead atoms. The van der Waals surface area contributed by atoms with E-state index in [0.29, 0.717) is 0 Å². The van der Waals surface area contributed by atoms with Crippen molar-refractivity contribution in [1.29, 1.82) is 0 Å². The summed E-state index contributed by atoms with van der Waals surface area (Å²) in [6.07, 6.45) is 1.92. The lowest BCUT2D eigenvalue weighted by Gasteiger charge is -2.44. The minimum atomic E-state index is -0.398. The molecule has 0 aromatic carbocycles. The Kier molecular flexibility index (Phi) is 4.11. The average molecular weight is 272 g/mol. The largest absolute Gasteiger partial charge is 0.444 e. The summed E-state index contributed by atoms with van der Waals surface area (Å²) < 4.78 is 5.41. The van der Waals surface area contributed by atoms with E-state index in [0.717, 1.165) is 32.5 Å². The van der Waals surface area contributed by atoms with E-state index in [4.69, 9.17) is 4.74 Å². The van der Waals surface area contributed by atoms with Gasteiger partial charge in [-0.3, -0.25) is 0 Å². The van der Waals surface area contributed by atoms with Crippen LogP contribution in [0, 0.1) is 0 Å². The Bertz CT molecular complexity index is 299. The van der Waals surface area contributed by atoms with Gasteiger partial charge in [0.1, 0.15) is 5.60 Å². The maximum atomic E-state index is 12.0. The van der Waals surface area contributed by atoms with Crippen molar-refractivity contribution in [2.45, 2.75) is 44.8 Å². The van der Waals surface area contributed by atoms with Crippen LogP contribution < -0.4 is 5.32 Å². The molecule has 2 aliphatic heterocycles. The number of nitrogens with one attached hydrogen (secondary N) is 1. The molecule has 0 atom stereocenters. The summed E-state index contributed by atoms with van der Waals surface area (Å²) in [5, 5.41) is 3.64. The smallest absolute Gasteiger partial charge is 0.410 e. The van der Waals surface area contributed by atoms with Crippen molar-refractivity contribution in [3.63, 3.8) is 0 Å². The lowest BCUT2D eigenvalue weighted by molar-refractivity contribution is 0.0160. The number of rotatable bonds is 0. The molecule has 0 aliphatic carbocycles. The molecule has 0 radical (unpaired) electrons. The molecule has 1 spiro atoms. The van der Waals surface area contributed by atoms with Gasteiger partial charge in [-0.05, 0) is 33.6 Å². The van der Waals surface area contributed by atoms with Gasteiger partial charge in [0.15, 0.2) is 0 Å². The Morgan fingerprint density at radius 3 is 2.50 bits per heavy atom. The summed E-state index contributed by atoms with van der Waals surface area (Å²) in [6, 6.07) is 0. The van der Waals surface area contributed by atoms with Crippen LogP contribution >= 0.6 is 11.8 Å². The lowest BCUT2D eigenvalue weighted by atomic mass is 9.89. The van der Waals surface area contributed by atoms with Gasteiger partial charge in [-0.25, -0.2) is 4.79 Å². The molecule has 104 valence electrons. The molecule has 0 saturated carbocycles. The molecule has 0 unspecified atom stereocenters. The monoisotopic (exact) mass is 272 g/mol. The maximum absolute atomic E-state index is 12.0. The highest BCUT2D eigenvalue weighted by Crippen LogP contribution is 2.29. The summed E-state index contributed by atoms with van der Waals surface area (Å²) >= 11 is 2.02. The zero-order valence-electron chi connectivity index (χ0n) is 11.6. The Morgan fingerprint density at radius 2 is 2.00 bits per heavy atom. The molecule has 4 nitrogen and oxygen atoms in total. The topological polar surface area (TPSA) is 41.6 Å². The van der Waals surface area contributed by atoms with Crippen molar-refractivity contribution in [1.82, 2.24) is 10.2 Å². The first kappa shape index (κ1) is 14.0. The molecule has 1 N–H and O–H groups in total. The van der Waals surface area contributed by atoms with Crippen LogP contribution in [0.5, 0.6) is 0 Å². The molecule has 2 rings (SSSR count). The molecule has 5 heteroatoms. The van der Waals surface area contributed by atoms with Gasteiger partial charge in [0.2, 0.25) is 0 Å². The molecule has 2 aliphatic rings. The number of piperidine rings is 1. The average Bonchev–Trinajstić information content (AvgIpc) is 2.28. The van der Waals surface area contributed by atoms with Crippen LogP contribution in [0.15, 0.2) is 0 Å². The zero-order chi connectivity index (χ0) is 13.2. The SMILES string of the molecule is CC(C)(C)OC(=O)N1CCC2(CC1)CSCCN2. The number of thioether (sulfide) groups is 1. The van der Waals surface area contributed by atoms with Gasteiger partial charge >= 0.3 is 6.09 Å². The summed E-state index contributed by atoms with van der Waals surface area (Å²) in [5.41, 5.74) is -0.132. The Morgan fingerprint density at radius 1 is 1.33 bits per heavy atom. The predicted octanol–water partition coefficient (Wildman–Crippen LogP) is 2.09. The Hall–Kier alpha value is -0.420. The molecule has 0 aromatic rings. The molecule has 2 saturated heterocycles. The number of hydrogen-bond acceptors (Lipinski definition) is 4. The van der Waals surface area contributed by atoms with E-state index in [-0.39, 0.29) is 11.6 Å². The fraction of sp³-hybridized carbons (Fsp3) is 0.923. The van der Waals surface area contributed by atoms with E-state index >= 15 is 0 Å². The van der Waals surface area contributed by atoms with Gasteiger partial charge in [-0.2, -0.15) is 11.8 Å². The molecular weight excluding hydrogens is 248 g/mol. The molecule has 2 heterocycles. The number of carbonyl (C=O) groups excluding carboxylic acids is 1. The molecule has 2 fully saturated rings. The zero-order valence-corrected chi connectivity index (χ0v) is 12.4. The quantitative estimate of drug-likeness (QED) is 0.733. The second kappa shape index (κ2) is 5.29. The summed E-state index contributed by atoms with van der Waals surface area (Å²) in [6.45, 7) is 8.45. The second-order valence-corrected chi connectivity index (χ2v) is 7.33. The van der Waals surface area contributed by atoms with Crippen molar-refractivity contribution in [2.24, 2.45) is 0 Å². The lowest BCUT2D eigenvalue weighted by Crippen LogP contribution is -2.58. The molecule has 1 amide bonds. The van der Waals surface area contributed by atoms with Crippen LogP contribution in [0.1, 0.15) is 33.6 Å². The van der Waals surface area contributed by atoms with Crippen LogP contribution in [0.3, 0.4) is 0 Å². The summed E-state index contributed by atoms with van der Waals surface area (Å²) in [4.78, 5) is 13.8. The maximum Gasteiger partial charge on any atom is 0.410 e. The predicted molar refractivity (Wildman–Crippen MR) is 75.1 cm³/mol. The van der Waals surface area contributed by atoms with Crippen LogP contribution in [0.4, 0.5) is 4.79 Å². The van der Waals surface area contributed by atoms with Crippen LogP contribution in [-0.4, -0.2) is 53.3 Å². The van der Waals surface area contributed by atoms with Crippen LogP contribution in [0.25, 0.3) is 0 Å². The molecular formula is C13H24N2O2S. The second-order valence-electron chi connectivity index (χ2n) is 6.23. The number of nitrogens with zero attached hydrogens (tertiary/aromatic N) is 1. The first-order valence-corrected chi connectivity index (χ1v) is 7.86. The minimum Gasteiger partial charge on any atom is -0.444 e. The fourth-order valence-electron chi connectivity index (χ4n) is 2.47. The van der Waals surface area contributed by atoms with E-state index in [1.807, 2.05) is 37.4 Å². The molecule has 18 heavy (non-hydrogen) atoms. The standard InChI is InChI=1S/C13H24N2O2S/c1-12(2,3)17-11(16)15-7-4-13(5-8-15)10-18-9-6-14-13/h14H,4-10H2,1-3H3. The van der Waals surface area contributed by atoms with Crippen molar-refractivity contribution in [3.05, 3.63) is 0 Å². The van der Waals surface area contributed by atoms with Gasteiger partial charge in [-0.1, -0.05) is 0 Å². The minimum absolute atomic E-state index is 0.166. The highest BCUT2D eigenvalue weighted by atomic mass is 32.2. The third-order valence-corrected chi connectivity index (χ3v) is 4.75. The number of likely N-dealkylation sites (tertiary alicyclic amines) is 1. The van der Waals surface area contributed by atoms with Gasteiger partial charge < -0.3 is 15.0 Å².